The Bertz CT molecular complexity index is 278. The fraction of sp³-hybridized carbons (Fsp3) is 0.917. The molecule has 0 aromatic heterocycles. The van der Waals surface area contributed by atoms with E-state index in [4.69, 9.17) is 19.9 Å². The lowest BCUT2D eigenvalue weighted by molar-refractivity contribution is 0.00790. The van der Waals surface area contributed by atoms with Crippen molar-refractivity contribution in [1.82, 2.24) is 4.90 Å². The number of likely N-dealkylation sites (tertiary alicyclic amines) is 1. The van der Waals surface area contributed by atoms with Crippen LogP contribution >= 0.6 is 0 Å². The molecule has 0 aromatic rings. The highest BCUT2D eigenvalue weighted by molar-refractivity contribution is 5.68. The molecule has 1 aliphatic rings. The van der Waals surface area contributed by atoms with Gasteiger partial charge in [-0.05, 0) is 20.8 Å². The van der Waals surface area contributed by atoms with Crippen LogP contribution in [0.4, 0.5) is 4.79 Å². The van der Waals surface area contributed by atoms with Crippen molar-refractivity contribution >= 4 is 6.09 Å². The van der Waals surface area contributed by atoms with Gasteiger partial charge in [-0.3, -0.25) is 0 Å². The number of rotatable bonds is 4. The van der Waals surface area contributed by atoms with Crippen LogP contribution < -0.4 is 5.73 Å². The van der Waals surface area contributed by atoms with E-state index in [1.54, 1.807) is 12.0 Å². The Morgan fingerprint density at radius 2 is 2.00 bits per heavy atom. The first kappa shape index (κ1) is 15.2. The molecule has 1 aliphatic heterocycles. The topological polar surface area (TPSA) is 74.0 Å². The monoisotopic (exact) mass is 260 g/mol. The summed E-state index contributed by atoms with van der Waals surface area (Å²) in [7, 11) is 1.62. The lowest BCUT2D eigenvalue weighted by Crippen LogP contribution is -2.37. The molecule has 0 aromatic carbocycles. The number of ether oxygens (including phenoxy) is 3. The molecule has 0 saturated carbocycles. The van der Waals surface area contributed by atoms with Crippen molar-refractivity contribution in [3.8, 4) is 0 Å². The minimum atomic E-state index is -0.490. The first-order chi connectivity index (χ1) is 8.33. The van der Waals surface area contributed by atoms with Crippen molar-refractivity contribution in [3.05, 3.63) is 0 Å². The molecular formula is C12H24N2O4. The normalized spacial score (nSPS) is 24.4. The molecule has 1 amide bonds. The fourth-order valence-corrected chi connectivity index (χ4v) is 1.73. The third kappa shape index (κ3) is 4.80. The Balaban J connectivity index is 2.40. The maximum absolute atomic E-state index is 11.8. The Kier molecular flexibility index (Phi) is 5.37. The second-order valence-electron chi connectivity index (χ2n) is 5.45. The Hall–Kier alpha value is -0.850. The Morgan fingerprint density at radius 1 is 1.33 bits per heavy atom. The summed E-state index contributed by atoms with van der Waals surface area (Å²) in [6, 6.07) is -0.172. The SMILES string of the molecule is COCCOC1CN(C(=O)OC(C)(C)C)CC1N. The molecule has 0 aliphatic carbocycles. The van der Waals surface area contributed by atoms with E-state index >= 15 is 0 Å². The molecular weight excluding hydrogens is 236 g/mol. The quantitative estimate of drug-likeness (QED) is 0.749. The number of carbonyl (C=O) groups excluding carboxylic acids is 1. The van der Waals surface area contributed by atoms with Crippen LogP contribution in [0.3, 0.4) is 0 Å². The fourth-order valence-electron chi connectivity index (χ4n) is 1.73. The molecule has 0 radical (unpaired) electrons. The van der Waals surface area contributed by atoms with Gasteiger partial charge in [-0.2, -0.15) is 0 Å². The number of methoxy groups -OCH3 is 1. The zero-order chi connectivity index (χ0) is 13.8. The van der Waals surface area contributed by atoms with Crippen LogP contribution in [-0.2, 0) is 14.2 Å². The average Bonchev–Trinajstić information content (AvgIpc) is 2.58. The van der Waals surface area contributed by atoms with Gasteiger partial charge >= 0.3 is 6.09 Å². The van der Waals surface area contributed by atoms with Gasteiger partial charge in [0.05, 0.1) is 31.9 Å². The van der Waals surface area contributed by atoms with E-state index in [1.807, 2.05) is 20.8 Å². The average molecular weight is 260 g/mol. The summed E-state index contributed by atoms with van der Waals surface area (Å²) in [5.41, 5.74) is 5.45. The summed E-state index contributed by atoms with van der Waals surface area (Å²) >= 11 is 0. The third-order valence-corrected chi connectivity index (χ3v) is 2.58. The predicted octanol–water partition coefficient (Wildman–Crippen LogP) is 0.596. The summed E-state index contributed by atoms with van der Waals surface area (Å²) in [5.74, 6) is 0. The number of hydrogen-bond acceptors (Lipinski definition) is 5. The number of carbonyl (C=O) groups is 1. The van der Waals surface area contributed by atoms with Gasteiger partial charge in [-0.15, -0.1) is 0 Å². The van der Waals surface area contributed by atoms with E-state index in [0.717, 1.165) is 0 Å². The highest BCUT2D eigenvalue weighted by atomic mass is 16.6. The lowest BCUT2D eigenvalue weighted by atomic mass is 10.2. The van der Waals surface area contributed by atoms with E-state index in [9.17, 15) is 4.79 Å². The van der Waals surface area contributed by atoms with Crippen molar-refractivity contribution in [1.29, 1.82) is 0 Å². The Morgan fingerprint density at radius 3 is 2.56 bits per heavy atom. The second-order valence-corrected chi connectivity index (χ2v) is 5.45. The van der Waals surface area contributed by atoms with Gasteiger partial charge in [-0.1, -0.05) is 0 Å². The van der Waals surface area contributed by atoms with Crippen molar-refractivity contribution in [2.75, 3.05) is 33.4 Å². The summed E-state index contributed by atoms with van der Waals surface area (Å²) < 4.78 is 15.8. The van der Waals surface area contributed by atoms with E-state index in [-0.39, 0.29) is 18.2 Å². The van der Waals surface area contributed by atoms with Crippen LogP contribution in [0.15, 0.2) is 0 Å². The minimum Gasteiger partial charge on any atom is -0.444 e. The minimum absolute atomic E-state index is 0.146. The molecule has 6 nitrogen and oxygen atoms in total. The summed E-state index contributed by atoms with van der Waals surface area (Å²) in [6.07, 6.45) is -0.483. The number of hydrogen-bond donors (Lipinski definition) is 1. The van der Waals surface area contributed by atoms with Crippen LogP contribution in [0.1, 0.15) is 20.8 Å². The van der Waals surface area contributed by atoms with Gasteiger partial charge in [0.25, 0.3) is 0 Å². The molecule has 1 saturated heterocycles. The van der Waals surface area contributed by atoms with Crippen LogP contribution in [-0.4, -0.2) is 62.2 Å². The smallest absolute Gasteiger partial charge is 0.410 e. The predicted molar refractivity (Wildman–Crippen MR) is 67.4 cm³/mol. The molecule has 6 heteroatoms. The first-order valence-corrected chi connectivity index (χ1v) is 6.17. The number of amides is 1. The molecule has 1 heterocycles. The molecule has 2 N–H and O–H groups in total. The van der Waals surface area contributed by atoms with Crippen molar-refractivity contribution in [2.24, 2.45) is 5.73 Å². The van der Waals surface area contributed by atoms with Crippen LogP contribution in [0.2, 0.25) is 0 Å². The van der Waals surface area contributed by atoms with Gasteiger partial charge in [0.1, 0.15) is 5.60 Å². The molecule has 1 fully saturated rings. The maximum atomic E-state index is 11.8. The molecule has 2 unspecified atom stereocenters. The summed E-state index contributed by atoms with van der Waals surface area (Å²) in [6.45, 7) is 7.47. The van der Waals surface area contributed by atoms with Crippen molar-refractivity contribution < 1.29 is 19.0 Å². The summed E-state index contributed by atoms with van der Waals surface area (Å²) in [5, 5.41) is 0. The van der Waals surface area contributed by atoms with Gasteiger partial charge in [0.15, 0.2) is 0 Å². The number of nitrogens with zero attached hydrogens (tertiary/aromatic N) is 1. The van der Waals surface area contributed by atoms with Gasteiger partial charge in [-0.25, -0.2) is 4.79 Å². The largest absolute Gasteiger partial charge is 0.444 e. The zero-order valence-electron chi connectivity index (χ0n) is 11.6. The maximum Gasteiger partial charge on any atom is 0.410 e. The second kappa shape index (κ2) is 6.36. The van der Waals surface area contributed by atoms with Crippen LogP contribution in [0.5, 0.6) is 0 Å². The van der Waals surface area contributed by atoms with Gasteiger partial charge < -0.3 is 24.8 Å². The molecule has 18 heavy (non-hydrogen) atoms. The standard InChI is InChI=1S/C12H24N2O4/c1-12(2,3)18-11(15)14-7-9(13)10(8-14)17-6-5-16-4/h9-10H,5-8,13H2,1-4H3. The lowest BCUT2D eigenvalue weighted by Gasteiger charge is -2.24. The highest BCUT2D eigenvalue weighted by Crippen LogP contribution is 2.16. The highest BCUT2D eigenvalue weighted by Gasteiger charge is 2.35. The molecule has 0 spiro atoms. The number of nitrogens with two attached hydrogens (primary N) is 1. The first-order valence-electron chi connectivity index (χ1n) is 6.17. The third-order valence-electron chi connectivity index (χ3n) is 2.58. The van der Waals surface area contributed by atoms with E-state index in [2.05, 4.69) is 0 Å². The molecule has 2 atom stereocenters. The van der Waals surface area contributed by atoms with E-state index in [0.29, 0.717) is 26.3 Å². The molecule has 0 bridgehead atoms. The van der Waals surface area contributed by atoms with Crippen LogP contribution in [0, 0.1) is 0 Å². The van der Waals surface area contributed by atoms with Crippen molar-refractivity contribution in [3.63, 3.8) is 0 Å². The summed E-state index contributed by atoms with van der Waals surface area (Å²) in [4.78, 5) is 13.4. The zero-order valence-corrected chi connectivity index (χ0v) is 11.6. The van der Waals surface area contributed by atoms with Gasteiger partial charge in [0.2, 0.25) is 0 Å². The molecule has 106 valence electrons. The van der Waals surface area contributed by atoms with Crippen LogP contribution in [0.25, 0.3) is 0 Å². The van der Waals surface area contributed by atoms with Crippen molar-refractivity contribution in [2.45, 2.75) is 38.5 Å². The van der Waals surface area contributed by atoms with E-state index < -0.39 is 5.60 Å². The molecule has 1 rings (SSSR count). The Labute approximate surface area is 108 Å². The van der Waals surface area contributed by atoms with Gasteiger partial charge in [0, 0.05) is 13.7 Å². The van der Waals surface area contributed by atoms with E-state index in [1.165, 1.54) is 0 Å².